The van der Waals surface area contributed by atoms with Crippen LogP contribution in [-0.2, 0) is 22.4 Å². The number of anilines is 1. The molecule has 0 saturated carbocycles. The number of allylic oxidation sites excluding steroid dienone is 2. The van der Waals surface area contributed by atoms with Crippen molar-refractivity contribution in [3.63, 3.8) is 0 Å². The summed E-state index contributed by atoms with van der Waals surface area (Å²) in [5.74, 6) is 2.48. The van der Waals surface area contributed by atoms with Gasteiger partial charge in [0.1, 0.15) is 23.9 Å². The third-order valence-electron chi connectivity index (χ3n) is 4.86. The van der Waals surface area contributed by atoms with Crippen LogP contribution in [0.4, 0.5) is 5.82 Å². The number of imidazole rings is 1. The van der Waals surface area contributed by atoms with Gasteiger partial charge in [-0.3, -0.25) is 4.99 Å². The minimum atomic E-state index is -1.84. The van der Waals surface area contributed by atoms with Gasteiger partial charge in [-0.2, -0.15) is 0 Å². The summed E-state index contributed by atoms with van der Waals surface area (Å²) in [5, 5.41) is 4.08. The Morgan fingerprint density at radius 2 is 2.38 bits per heavy atom. The number of fused-ring (bicyclic) bond motifs is 1. The first-order valence-electron chi connectivity index (χ1n) is 8.70. The molecule has 1 aliphatic carbocycles. The zero-order valence-corrected chi connectivity index (χ0v) is 16.5. The number of thioether (sulfide) groups is 1. The fourth-order valence-electron chi connectivity index (χ4n) is 3.46. The SMILES string of the molecule is CC1=NCNc2c1nc(SC1=CC3=C(CCO3)CC1C)n2CCS(=O)O. The van der Waals surface area contributed by atoms with E-state index in [1.165, 1.54) is 10.5 Å². The first-order valence-corrected chi connectivity index (χ1v) is 10.8. The monoisotopic (exact) mass is 394 g/mol. The zero-order chi connectivity index (χ0) is 18.3. The molecule has 2 aliphatic heterocycles. The maximum Gasteiger partial charge on any atom is 0.174 e. The van der Waals surface area contributed by atoms with Gasteiger partial charge in [0.2, 0.25) is 0 Å². The van der Waals surface area contributed by atoms with Crippen LogP contribution in [0, 0.1) is 5.92 Å². The third-order valence-corrected chi connectivity index (χ3v) is 6.64. The number of aliphatic imine (C=N–C) groups is 1. The predicted molar refractivity (Wildman–Crippen MR) is 104 cm³/mol. The number of rotatable bonds is 5. The van der Waals surface area contributed by atoms with E-state index in [-0.39, 0.29) is 5.75 Å². The normalized spacial score (nSPS) is 22.8. The second-order valence-corrected chi connectivity index (χ2v) is 8.76. The summed E-state index contributed by atoms with van der Waals surface area (Å²) < 4.78 is 28.2. The number of aromatic nitrogens is 2. The van der Waals surface area contributed by atoms with E-state index in [9.17, 15) is 8.76 Å². The fraction of sp³-hybridized carbons (Fsp3) is 0.529. The largest absolute Gasteiger partial charge is 0.493 e. The molecule has 4 rings (SSSR count). The number of nitrogens with zero attached hydrogens (tertiary/aromatic N) is 3. The van der Waals surface area contributed by atoms with E-state index in [0.29, 0.717) is 19.1 Å². The topological polar surface area (TPSA) is 88.7 Å². The number of ether oxygens (including phenoxy) is 1. The molecule has 1 aromatic heterocycles. The number of nitrogens with one attached hydrogen (secondary N) is 1. The van der Waals surface area contributed by atoms with E-state index in [2.05, 4.69) is 23.3 Å². The fourth-order valence-corrected chi connectivity index (χ4v) is 4.89. The van der Waals surface area contributed by atoms with Gasteiger partial charge in [-0.15, -0.1) is 0 Å². The van der Waals surface area contributed by atoms with Crippen LogP contribution in [0.1, 0.15) is 32.4 Å². The maximum absolute atomic E-state index is 11.2. The lowest BCUT2D eigenvalue weighted by atomic mass is 9.94. The van der Waals surface area contributed by atoms with Crippen molar-refractivity contribution in [2.75, 3.05) is 24.3 Å². The second-order valence-electron chi connectivity index (χ2n) is 6.67. The molecule has 0 saturated heterocycles. The molecule has 2 unspecified atom stereocenters. The third kappa shape index (κ3) is 3.35. The lowest BCUT2D eigenvalue weighted by molar-refractivity contribution is 0.256. The summed E-state index contributed by atoms with van der Waals surface area (Å²) in [6.07, 6.45) is 4.19. The van der Waals surface area contributed by atoms with E-state index < -0.39 is 11.1 Å². The highest BCUT2D eigenvalue weighted by molar-refractivity contribution is 8.03. The van der Waals surface area contributed by atoms with Crippen molar-refractivity contribution >= 4 is 34.4 Å². The highest BCUT2D eigenvalue weighted by Gasteiger charge is 2.28. The van der Waals surface area contributed by atoms with Gasteiger partial charge in [0, 0.05) is 13.0 Å². The summed E-state index contributed by atoms with van der Waals surface area (Å²) in [4.78, 5) is 10.4. The Kier molecular flexibility index (Phi) is 4.94. The molecule has 140 valence electrons. The molecule has 0 aromatic carbocycles. The van der Waals surface area contributed by atoms with Crippen LogP contribution in [0.5, 0.6) is 0 Å². The quantitative estimate of drug-likeness (QED) is 0.747. The van der Waals surface area contributed by atoms with E-state index >= 15 is 0 Å². The summed E-state index contributed by atoms with van der Waals surface area (Å²) in [6.45, 7) is 5.88. The molecular weight excluding hydrogens is 372 g/mol. The van der Waals surface area contributed by atoms with Crippen molar-refractivity contribution in [3.05, 3.63) is 28.0 Å². The molecule has 0 bridgehead atoms. The zero-order valence-electron chi connectivity index (χ0n) is 14.8. The molecule has 1 aromatic rings. The van der Waals surface area contributed by atoms with Gasteiger partial charge in [-0.1, -0.05) is 18.7 Å². The second kappa shape index (κ2) is 7.21. The molecule has 0 spiro atoms. The lowest BCUT2D eigenvalue weighted by Crippen LogP contribution is -2.17. The van der Waals surface area contributed by atoms with Gasteiger partial charge in [0.05, 0.1) is 18.1 Å². The molecule has 7 nitrogen and oxygen atoms in total. The number of hydrogen-bond donors (Lipinski definition) is 2. The molecule has 0 amide bonds. The molecule has 9 heteroatoms. The predicted octanol–water partition coefficient (Wildman–Crippen LogP) is 2.99. The van der Waals surface area contributed by atoms with Gasteiger partial charge in [0.15, 0.2) is 16.2 Å². The minimum Gasteiger partial charge on any atom is -0.493 e. The standard InChI is InChI=1S/C17H22N4O3S2/c1-10-7-12-3-5-24-13(12)8-14(10)25-17-20-15-11(2)18-9-19-16(15)21(17)4-6-26(22)23/h8,10,19H,3-7,9H2,1-2H3,(H,22,23). The average Bonchev–Trinajstić information content (AvgIpc) is 3.18. The first-order chi connectivity index (χ1) is 12.5. The average molecular weight is 395 g/mol. The van der Waals surface area contributed by atoms with Crippen LogP contribution in [-0.4, -0.2) is 43.1 Å². The van der Waals surface area contributed by atoms with Crippen LogP contribution < -0.4 is 5.32 Å². The van der Waals surface area contributed by atoms with Crippen LogP contribution in [0.25, 0.3) is 0 Å². The van der Waals surface area contributed by atoms with Crippen molar-refractivity contribution in [1.29, 1.82) is 0 Å². The molecule has 2 atom stereocenters. The molecular formula is C17H22N4O3S2. The van der Waals surface area contributed by atoms with Crippen molar-refractivity contribution < 1.29 is 13.5 Å². The van der Waals surface area contributed by atoms with Gasteiger partial charge >= 0.3 is 0 Å². The van der Waals surface area contributed by atoms with E-state index in [1.807, 2.05) is 11.5 Å². The molecule has 3 aliphatic rings. The van der Waals surface area contributed by atoms with E-state index in [1.54, 1.807) is 11.8 Å². The maximum atomic E-state index is 11.2. The summed E-state index contributed by atoms with van der Waals surface area (Å²) in [5.41, 5.74) is 3.12. The summed E-state index contributed by atoms with van der Waals surface area (Å²) in [7, 11) is 0. The van der Waals surface area contributed by atoms with Crippen LogP contribution in [0.2, 0.25) is 0 Å². The van der Waals surface area contributed by atoms with Crippen molar-refractivity contribution in [3.8, 4) is 0 Å². The molecule has 0 fully saturated rings. The van der Waals surface area contributed by atoms with Crippen molar-refractivity contribution in [2.45, 2.75) is 38.4 Å². The molecule has 2 N–H and O–H groups in total. The highest BCUT2D eigenvalue weighted by Crippen LogP contribution is 2.43. The Labute approximate surface area is 159 Å². The Balaban J connectivity index is 1.67. The first kappa shape index (κ1) is 17.8. The van der Waals surface area contributed by atoms with E-state index in [4.69, 9.17) is 9.72 Å². The number of hydrogen-bond acceptors (Lipinski definition) is 6. The van der Waals surface area contributed by atoms with Crippen molar-refractivity contribution in [2.24, 2.45) is 10.9 Å². The molecule has 0 radical (unpaired) electrons. The lowest BCUT2D eigenvalue weighted by Gasteiger charge is -2.21. The van der Waals surface area contributed by atoms with Gasteiger partial charge in [-0.05, 0) is 35.8 Å². The molecule has 26 heavy (non-hydrogen) atoms. The van der Waals surface area contributed by atoms with Gasteiger partial charge < -0.3 is 19.2 Å². The smallest absolute Gasteiger partial charge is 0.174 e. The van der Waals surface area contributed by atoms with Crippen LogP contribution >= 0.6 is 11.8 Å². The Bertz CT molecular complexity index is 856. The van der Waals surface area contributed by atoms with E-state index in [0.717, 1.165) is 47.6 Å². The Morgan fingerprint density at radius 1 is 1.54 bits per heavy atom. The highest BCUT2D eigenvalue weighted by atomic mass is 32.2. The minimum absolute atomic E-state index is 0.168. The Hall–Kier alpha value is -1.58. The summed E-state index contributed by atoms with van der Waals surface area (Å²) >= 11 is -0.225. The van der Waals surface area contributed by atoms with Gasteiger partial charge in [0.25, 0.3) is 0 Å². The molecule has 3 heterocycles. The van der Waals surface area contributed by atoms with Gasteiger partial charge in [-0.25, -0.2) is 9.19 Å². The van der Waals surface area contributed by atoms with Crippen LogP contribution in [0.15, 0.2) is 32.5 Å². The summed E-state index contributed by atoms with van der Waals surface area (Å²) in [6, 6.07) is 0. The van der Waals surface area contributed by atoms with Crippen molar-refractivity contribution in [1.82, 2.24) is 9.55 Å². The Morgan fingerprint density at radius 3 is 3.19 bits per heavy atom. The van der Waals surface area contributed by atoms with Crippen LogP contribution in [0.3, 0.4) is 0 Å².